The van der Waals surface area contributed by atoms with E-state index in [1.54, 1.807) is 11.5 Å². The molecule has 3 rings (SSSR count). The molecule has 11 heteroatoms. The van der Waals surface area contributed by atoms with Crippen LogP contribution in [-0.4, -0.2) is 45.7 Å². The Morgan fingerprint density at radius 3 is 2.74 bits per heavy atom. The van der Waals surface area contributed by atoms with E-state index in [0.29, 0.717) is 22.9 Å². The van der Waals surface area contributed by atoms with Gasteiger partial charge in [-0.25, -0.2) is 14.8 Å². The molecule has 2 aromatic heterocycles. The van der Waals surface area contributed by atoms with E-state index in [1.165, 1.54) is 22.7 Å². The number of nitrogens with zero attached hydrogens (tertiary/aromatic N) is 2. The molecule has 0 fully saturated rings. The molecule has 2 atom stereocenters. The molecule has 2 aromatic rings. The molecule has 0 aliphatic carbocycles. The number of rotatable bonds is 4. The molecule has 1 aliphatic heterocycles. The van der Waals surface area contributed by atoms with Crippen LogP contribution in [0.15, 0.2) is 22.9 Å². The Morgan fingerprint density at radius 1 is 1.23 bits per heavy atom. The van der Waals surface area contributed by atoms with Gasteiger partial charge in [0.1, 0.15) is 33.5 Å². The van der Waals surface area contributed by atoms with Crippen molar-refractivity contribution in [3.05, 3.63) is 33.6 Å². The summed E-state index contributed by atoms with van der Waals surface area (Å²) in [6.07, 6.45) is 3.40. The second-order valence-electron chi connectivity index (χ2n) is 7.26. The molecule has 1 unspecified atom stereocenters. The first-order valence-corrected chi connectivity index (χ1v) is 12.2. The summed E-state index contributed by atoms with van der Waals surface area (Å²) in [5, 5.41) is 10.3. The maximum Gasteiger partial charge on any atom is 0.329 e. The summed E-state index contributed by atoms with van der Waals surface area (Å²) in [6.45, 7) is 3.89. The fourth-order valence-electron chi connectivity index (χ4n) is 2.82. The maximum atomic E-state index is 12.9. The number of allylic oxidation sites excluding steroid dienone is 1. The van der Waals surface area contributed by atoms with Crippen LogP contribution in [0.5, 0.6) is 0 Å². The molecule has 166 valence electrons. The Bertz CT molecular complexity index is 969. The average molecular weight is 481 g/mol. The minimum Gasteiger partial charge on any atom is -0.456 e. The van der Waals surface area contributed by atoms with Crippen LogP contribution in [0.25, 0.3) is 10.7 Å². The van der Waals surface area contributed by atoms with E-state index in [4.69, 9.17) is 4.74 Å². The largest absolute Gasteiger partial charge is 0.456 e. The van der Waals surface area contributed by atoms with Crippen molar-refractivity contribution in [2.45, 2.75) is 45.4 Å². The normalized spacial score (nSPS) is 20.6. The van der Waals surface area contributed by atoms with E-state index in [2.05, 4.69) is 33.2 Å². The second-order valence-corrected chi connectivity index (χ2v) is 9.50. The molecule has 2 amide bonds. The Hall–Kier alpha value is -2.24. The number of thiol groups is 1. The van der Waals surface area contributed by atoms with Gasteiger partial charge in [0.2, 0.25) is 5.91 Å². The van der Waals surface area contributed by atoms with Gasteiger partial charge in [-0.2, -0.15) is 12.6 Å². The highest BCUT2D eigenvalue weighted by atomic mass is 32.1. The molecule has 0 saturated heterocycles. The standard InChI is InChI=1S/C20H24N4O4S3/c1-11(2)17-20(27)28-12(5-3-4-6-29)7-15(25)21-8-16-22-14(10-30-16)19-23-13(9-31-19)18(26)24-17/h3,5,9-12,17,29H,4,6-8H2,1-2H3,(H,21,25)(H,24,26)/b5-3+/t12?,17-/m0/s1. The van der Waals surface area contributed by atoms with Crippen LogP contribution in [0.2, 0.25) is 0 Å². The molecule has 0 saturated carbocycles. The van der Waals surface area contributed by atoms with Crippen LogP contribution in [-0.2, 0) is 20.9 Å². The molecular weight excluding hydrogens is 456 g/mol. The Balaban J connectivity index is 1.90. The van der Waals surface area contributed by atoms with Gasteiger partial charge in [-0.15, -0.1) is 22.7 Å². The van der Waals surface area contributed by atoms with Gasteiger partial charge in [0.25, 0.3) is 5.91 Å². The molecule has 31 heavy (non-hydrogen) atoms. The quantitative estimate of drug-likeness (QED) is 0.353. The number of esters is 1. The van der Waals surface area contributed by atoms with Gasteiger partial charge in [0.15, 0.2) is 0 Å². The number of hydrogen-bond acceptors (Lipinski definition) is 9. The van der Waals surface area contributed by atoms with Gasteiger partial charge in [0, 0.05) is 10.8 Å². The van der Waals surface area contributed by atoms with Crippen molar-refractivity contribution in [1.82, 2.24) is 20.6 Å². The molecule has 1 aliphatic rings. The SMILES string of the molecule is CC(C)[C@@H]1NC(=O)c2csc(n2)-c2csc(n2)CNC(=O)CC(/C=C/CCS)OC1=O. The van der Waals surface area contributed by atoms with Crippen molar-refractivity contribution in [2.24, 2.45) is 5.92 Å². The summed E-state index contributed by atoms with van der Waals surface area (Å²) >= 11 is 6.86. The van der Waals surface area contributed by atoms with Crippen LogP contribution in [0, 0.1) is 5.92 Å². The van der Waals surface area contributed by atoms with Gasteiger partial charge in [0.05, 0.1) is 13.0 Å². The zero-order chi connectivity index (χ0) is 22.4. The monoisotopic (exact) mass is 480 g/mol. The lowest BCUT2D eigenvalue weighted by Crippen LogP contribution is -2.46. The van der Waals surface area contributed by atoms with Gasteiger partial charge >= 0.3 is 5.97 Å². The van der Waals surface area contributed by atoms with Gasteiger partial charge in [-0.3, -0.25) is 9.59 Å². The molecule has 8 nitrogen and oxygen atoms in total. The smallest absolute Gasteiger partial charge is 0.329 e. The highest BCUT2D eigenvalue weighted by Gasteiger charge is 2.29. The third-order valence-electron chi connectivity index (χ3n) is 4.45. The van der Waals surface area contributed by atoms with Crippen molar-refractivity contribution in [3.8, 4) is 10.7 Å². The number of amides is 2. The number of ether oxygens (including phenoxy) is 1. The number of carbonyl (C=O) groups excluding carboxylic acids is 3. The Morgan fingerprint density at radius 2 is 2.00 bits per heavy atom. The Kier molecular flexibility index (Phi) is 8.22. The first-order chi connectivity index (χ1) is 14.9. The van der Waals surface area contributed by atoms with Gasteiger partial charge < -0.3 is 15.4 Å². The number of nitrogens with one attached hydrogen (secondary N) is 2. The highest BCUT2D eigenvalue weighted by Crippen LogP contribution is 2.25. The number of cyclic esters (lactones) is 1. The number of hydrogen-bond donors (Lipinski definition) is 3. The summed E-state index contributed by atoms with van der Waals surface area (Å²) in [7, 11) is 0. The lowest BCUT2D eigenvalue weighted by Gasteiger charge is -2.23. The zero-order valence-corrected chi connectivity index (χ0v) is 19.7. The van der Waals surface area contributed by atoms with Crippen molar-refractivity contribution in [1.29, 1.82) is 0 Å². The summed E-state index contributed by atoms with van der Waals surface area (Å²) in [5.41, 5.74) is 0.872. The van der Waals surface area contributed by atoms with Crippen molar-refractivity contribution in [2.75, 3.05) is 5.75 Å². The number of carbonyl (C=O) groups is 3. The van der Waals surface area contributed by atoms with Crippen molar-refractivity contribution >= 4 is 53.1 Å². The second kappa shape index (κ2) is 10.9. The topological polar surface area (TPSA) is 110 Å². The minimum atomic E-state index is -0.875. The van der Waals surface area contributed by atoms with Crippen LogP contribution in [0.4, 0.5) is 0 Å². The molecule has 0 spiro atoms. The van der Waals surface area contributed by atoms with E-state index in [9.17, 15) is 14.4 Å². The fourth-order valence-corrected chi connectivity index (χ4v) is 4.52. The van der Waals surface area contributed by atoms with Crippen LogP contribution >= 0.6 is 35.3 Å². The maximum absolute atomic E-state index is 12.9. The minimum absolute atomic E-state index is 0.0283. The third kappa shape index (κ3) is 6.37. The first kappa shape index (κ1) is 23.4. The van der Waals surface area contributed by atoms with Crippen LogP contribution in [0.3, 0.4) is 0 Å². The summed E-state index contributed by atoms with van der Waals surface area (Å²) in [6, 6.07) is -0.875. The summed E-state index contributed by atoms with van der Waals surface area (Å²) < 4.78 is 5.60. The Labute approximate surface area is 193 Å². The van der Waals surface area contributed by atoms with E-state index in [-0.39, 0.29) is 30.5 Å². The van der Waals surface area contributed by atoms with Crippen LogP contribution in [0.1, 0.15) is 42.2 Å². The predicted molar refractivity (Wildman–Crippen MR) is 123 cm³/mol. The summed E-state index contributed by atoms with van der Waals surface area (Å²) in [4.78, 5) is 46.9. The number of fused-ring (bicyclic) bond motifs is 5. The van der Waals surface area contributed by atoms with E-state index >= 15 is 0 Å². The lowest BCUT2D eigenvalue weighted by atomic mass is 10.0. The number of thiazole rings is 2. The lowest BCUT2D eigenvalue weighted by molar-refractivity contribution is -0.151. The van der Waals surface area contributed by atoms with Gasteiger partial charge in [-0.05, 0) is 24.2 Å². The number of aromatic nitrogens is 2. The van der Waals surface area contributed by atoms with E-state index in [1.807, 2.05) is 25.3 Å². The van der Waals surface area contributed by atoms with E-state index < -0.39 is 24.0 Å². The van der Waals surface area contributed by atoms with Crippen molar-refractivity contribution in [3.63, 3.8) is 0 Å². The molecule has 0 radical (unpaired) electrons. The third-order valence-corrected chi connectivity index (χ3v) is 6.42. The highest BCUT2D eigenvalue weighted by molar-refractivity contribution is 7.80. The predicted octanol–water partition coefficient (Wildman–Crippen LogP) is 2.83. The van der Waals surface area contributed by atoms with Gasteiger partial charge in [-0.1, -0.05) is 19.9 Å². The molecular formula is C20H24N4O4S3. The molecule has 3 heterocycles. The first-order valence-electron chi connectivity index (χ1n) is 9.83. The zero-order valence-electron chi connectivity index (χ0n) is 17.2. The van der Waals surface area contributed by atoms with Crippen molar-refractivity contribution < 1.29 is 19.1 Å². The van der Waals surface area contributed by atoms with E-state index in [0.717, 1.165) is 5.01 Å². The molecule has 0 aromatic carbocycles. The van der Waals surface area contributed by atoms with Crippen LogP contribution < -0.4 is 10.6 Å². The molecule has 4 bridgehead atoms. The summed E-state index contributed by atoms with van der Waals surface area (Å²) in [5.74, 6) is -0.900. The molecule has 2 N–H and O–H groups in total. The fraction of sp³-hybridized carbons (Fsp3) is 0.450. The average Bonchev–Trinajstić information content (AvgIpc) is 3.39.